The Labute approximate surface area is 159 Å². The Morgan fingerprint density at radius 3 is 3.00 bits per heavy atom. The summed E-state index contributed by atoms with van der Waals surface area (Å²) in [5.74, 6) is 1.44. The topological polar surface area (TPSA) is 44.7 Å². The van der Waals surface area contributed by atoms with Crippen molar-refractivity contribution in [3.05, 3.63) is 42.0 Å². The van der Waals surface area contributed by atoms with E-state index in [1.54, 1.807) is 11.8 Å². The molecule has 1 aromatic carbocycles. The van der Waals surface area contributed by atoms with Crippen molar-refractivity contribution >= 4 is 28.5 Å². The number of para-hydroxylation sites is 1. The Balaban J connectivity index is 1.21. The van der Waals surface area contributed by atoms with Gasteiger partial charge in [-0.3, -0.25) is 9.79 Å². The van der Waals surface area contributed by atoms with Gasteiger partial charge in [0.05, 0.1) is 11.3 Å². The normalized spacial score (nSPS) is 33.8. The fourth-order valence-corrected chi connectivity index (χ4v) is 5.84. The third kappa shape index (κ3) is 3.07. The molecule has 2 heterocycles. The zero-order chi connectivity index (χ0) is 17.5. The van der Waals surface area contributed by atoms with Gasteiger partial charge in [-0.25, -0.2) is 0 Å². The van der Waals surface area contributed by atoms with E-state index >= 15 is 0 Å². The standard InChI is InChI=1S/C21H25N3OS/c25-20-19(9-11-24-10-3-5-15-4-1-2-6-18(15)24)26-21(23-20)22-17-13-14-7-8-16(17)12-14/h1-2,4,6-8,14,16-17,19H,3,5,9-13H2,(H,22,23,25). The fourth-order valence-electron chi connectivity index (χ4n) is 4.82. The Morgan fingerprint density at radius 2 is 2.15 bits per heavy atom. The predicted molar refractivity (Wildman–Crippen MR) is 108 cm³/mol. The highest BCUT2D eigenvalue weighted by Crippen LogP contribution is 2.41. The summed E-state index contributed by atoms with van der Waals surface area (Å²) < 4.78 is 0. The maximum Gasteiger partial charge on any atom is 0.239 e. The number of allylic oxidation sites excluding steroid dienone is 1. The third-order valence-corrected chi connectivity index (χ3v) is 7.34. The number of nitrogens with zero attached hydrogens (tertiary/aromatic N) is 2. The van der Waals surface area contributed by atoms with Crippen LogP contribution < -0.4 is 10.2 Å². The van der Waals surface area contributed by atoms with Crippen LogP contribution in [0.4, 0.5) is 5.69 Å². The van der Waals surface area contributed by atoms with Crippen molar-refractivity contribution in [3.63, 3.8) is 0 Å². The van der Waals surface area contributed by atoms with Gasteiger partial charge in [-0.2, -0.15) is 0 Å². The molecule has 5 rings (SSSR count). The van der Waals surface area contributed by atoms with Gasteiger partial charge in [0.1, 0.15) is 0 Å². The number of hydrogen-bond donors (Lipinski definition) is 1. The van der Waals surface area contributed by atoms with Crippen molar-refractivity contribution in [2.45, 2.75) is 43.4 Å². The number of nitrogens with one attached hydrogen (secondary N) is 1. The number of rotatable bonds is 4. The van der Waals surface area contributed by atoms with E-state index in [-0.39, 0.29) is 11.2 Å². The number of amidine groups is 1. The van der Waals surface area contributed by atoms with Crippen LogP contribution in [0.5, 0.6) is 0 Å². The zero-order valence-electron chi connectivity index (χ0n) is 14.9. The lowest BCUT2D eigenvalue weighted by atomic mass is 10.0. The van der Waals surface area contributed by atoms with E-state index in [0.29, 0.717) is 17.9 Å². The molecule has 0 radical (unpaired) electrons. The van der Waals surface area contributed by atoms with E-state index in [9.17, 15) is 4.79 Å². The number of carbonyl (C=O) groups is 1. The SMILES string of the molecule is O=C1NC(=NC2CC3C=CC2C3)SC1CCN1CCCc2ccccc21. The molecular weight excluding hydrogens is 342 g/mol. The molecule has 5 heteroatoms. The van der Waals surface area contributed by atoms with Gasteiger partial charge >= 0.3 is 0 Å². The van der Waals surface area contributed by atoms with Gasteiger partial charge in [0, 0.05) is 18.8 Å². The van der Waals surface area contributed by atoms with Gasteiger partial charge in [-0.1, -0.05) is 42.1 Å². The Hall–Kier alpha value is -1.75. The van der Waals surface area contributed by atoms with Crippen LogP contribution in [0, 0.1) is 11.8 Å². The molecule has 136 valence electrons. The van der Waals surface area contributed by atoms with Gasteiger partial charge < -0.3 is 10.2 Å². The zero-order valence-corrected chi connectivity index (χ0v) is 15.8. The molecule has 26 heavy (non-hydrogen) atoms. The lowest BCUT2D eigenvalue weighted by molar-refractivity contribution is -0.118. The molecule has 1 saturated heterocycles. The third-order valence-electron chi connectivity index (χ3n) is 6.17. The van der Waals surface area contributed by atoms with Crippen LogP contribution in [0.1, 0.15) is 31.2 Å². The second-order valence-corrected chi connectivity index (χ2v) is 9.08. The number of amides is 1. The minimum Gasteiger partial charge on any atom is -0.371 e. The van der Waals surface area contributed by atoms with E-state index in [1.807, 2.05) is 0 Å². The van der Waals surface area contributed by atoms with Crippen LogP contribution in [0.25, 0.3) is 0 Å². The maximum absolute atomic E-state index is 12.4. The monoisotopic (exact) mass is 367 g/mol. The number of fused-ring (bicyclic) bond motifs is 3. The molecule has 1 amide bonds. The summed E-state index contributed by atoms with van der Waals surface area (Å²) in [6, 6.07) is 9.05. The quantitative estimate of drug-likeness (QED) is 0.830. The summed E-state index contributed by atoms with van der Waals surface area (Å²) in [5.41, 5.74) is 2.79. The Morgan fingerprint density at radius 1 is 1.23 bits per heavy atom. The van der Waals surface area contributed by atoms with Gasteiger partial charge in [0.15, 0.2) is 5.17 Å². The van der Waals surface area contributed by atoms with Crippen molar-refractivity contribution in [3.8, 4) is 0 Å². The Bertz CT molecular complexity index is 774. The summed E-state index contributed by atoms with van der Waals surface area (Å²) in [6.45, 7) is 2.03. The van der Waals surface area contributed by atoms with Crippen molar-refractivity contribution < 1.29 is 4.79 Å². The molecule has 2 bridgehead atoms. The van der Waals surface area contributed by atoms with E-state index in [4.69, 9.17) is 4.99 Å². The van der Waals surface area contributed by atoms with Crippen LogP contribution in [0.3, 0.4) is 0 Å². The molecule has 4 unspecified atom stereocenters. The highest BCUT2D eigenvalue weighted by molar-refractivity contribution is 8.15. The molecule has 1 aromatic rings. The maximum atomic E-state index is 12.4. The second-order valence-electron chi connectivity index (χ2n) is 7.89. The average molecular weight is 368 g/mol. The van der Waals surface area contributed by atoms with Gasteiger partial charge in [-0.15, -0.1) is 0 Å². The predicted octanol–water partition coefficient (Wildman–Crippen LogP) is 3.38. The number of hydrogen-bond acceptors (Lipinski definition) is 4. The van der Waals surface area contributed by atoms with Crippen molar-refractivity contribution in [2.75, 3.05) is 18.0 Å². The van der Waals surface area contributed by atoms with Crippen molar-refractivity contribution in [1.29, 1.82) is 0 Å². The van der Waals surface area contributed by atoms with Crippen LogP contribution in [-0.2, 0) is 11.2 Å². The number of aliphatic imine (C=N–C) groups is 1. The summed E-state index contributed by atoms with van der Waals surface area (Å²) in [7, 11) is 0. The minimum atomic E-state index is -0.00280. The first-order valence-electron chi connectivity index (χ1n) is 9.83. The molecule has 0 spiro atoms. The molecular formula is C21H25N3OS. The molecule has 1 saturated carbocycles. The van der Waals surface area contributed by atoms with Crippen LogP contribution in [-0.4, -0.2) is 35.5 Å². The Kier molecular flexibility index (Phi) is 4.27. The molecule has 4 aliphatic rings. The lowest BCUT2D eigenvalue weighted by Gasteiger charge is -2.31. The fraction of sp³-hybridized carbons (Fsp3) is 0.524. The van der Waals surface area contributed by atoms with E-state index in [2.05, 4.69) is 46.6 Å². The molecule has 2 aliphatic heterocycles. The van der Waals surface area contributed by atoms with Crippen LogP contribution in [0.2, 0.25) is 0 Å². The largest absolute Gasteiger partial charge is 0.371 e. The van der Waals surface area contributed by atoms with Gasteiger partial charge in [0.25, 0.3) is 0 Å². The lowest BCUT2D eigenvalue weighted by Crippen LogP contribution is -2.33. The van der Waals surface area contributed by atoms with Crippen LogP contribution in [0.15, 0.2) is 41.4 Å². The van der Waals surface area contributed by atoms with E-state index in [0.717, 1.165) is 31.1 Å². The number of carbonyl (C=O) groups excluding carboxylic acids is 1. The smallest absolute Gasteiger partial charge is 0.239 e. The second kappa shape index (κ2) is 6.76. The highest BCUT2D eigenvalue weighted by atomic mass is 32.2. The number of benzene rings is 1. The summed E-state index contributed by atoms with van der Waals surface area (Å²) in [4.78, 5) is 19.7. The molecule has 0 aromatic heterocycles. The van der Waals surface area contributed by atoms with Gasteiger partial charge in [-0.05, 0) is 55.6 Å². The van der Waals surface area contributed by atoms with E-state index < -0.39 is 0 Å². The first-order valence-corrected chi connectivity index (χ1v) is 10.7. The average Bonchev–Trinajstić information content (AvgIpc) is 3.36. The molecule has 1 N–H and O–H groups in total. The van der Waals surface area contributed by atoms with Crippen LogP contribution >= 0.6 is 11.8 Å². The first kappa shape index (κ1) is 16.4. The van der Waals surface area contributed by atoms with Crippen molar-refractivity contribution in [1.82, 2.24) is 5.32 Å². The molecule has 2 fully saturated rings. The number of thioether (sulfide) groups is 1. The molecule has 4 nitrogen and oxygen atoms in total. The number of anilines is 1. The summed E-state index contributed by atoms with van der Waals surface area (Å²) in [6.07, 6.45) is 10.3. The van der Waals surface area contributed by atoms with Gasteiger partial charge in [0.2, 0.25) is 5.91 Å². The molecule has 4 atom stereocenters. The molecule has 2 aliphatic carbocycles. The van der Waals surface area contributed by atoms with E-state index in [1.165, 1.54) is 30.5 Å². The minimum absolute atomic E-state index is 0.00280. The summed E-state index contributed by atoms with van der Waals surface area (Å²) >= 11 is 1.64. The van der Waals surface area contributed by atoms with Crippen molar-refractivity contribution in [2.24, 2.45) is 16.8 Å². The first-order chi connectivity index (χ1) is 12.8. The highest BCUT2D eigenvalue weighted by Gasteiger charge is 2.37. The summed E-state index contributed by atoms with van der Waals surface area (Å²) in [5, 5.41) is 3.88. The number of aryl methyl sites for hydroxylation is 1.